The Bertz CT molecular complexity index is 830. The predicted octanol–water partition coefficient (Wildman–Crippen LogP) is 3.32. The first-order chi connectivity index (χ1) is 11.6. The van der Waals surface area contributed by atoms with Crippen LogP contribution in [0.2, 0.25) is 0 Å². The van der Waals surface area contributed by atoms with E-state index < -0.39 is 11.6 Å². The van der Waals surface area contributed by atoms with Crippen molar-refractivity contribution in [1.29, 1.82) is 0 Å². The second kappa shape index (κ2) is 5.75. The van der Waals surface area contributed by atoms with E-state index in [1.807, 2.05) is 27.7 Å². The molecule has 134 valence electrons. The van der Waals surface area contributed by atoms with Gasteiger partial charge in [-0.25, -0.2) is 14.6 Å². The summed E-state index contributed by atoms with van der Waals surface area (Å²) in [5, 5.41) is 9.44. The van der Waals surface area contributed by atoms with Crippen LogP contribution in [0.1, 0.15) is 56.5 Å². The van der Waals surface area contributed by atoms with E-state index in [1.54, 1.807) is 34.0 Å². The van der Waals surface area contributed by atoms with E-state index in [0.29, 0.717) is 12.2 Å². The van der Waals surface area contributed by atoms with Gasteiger partial charge >= 0.3 is 12.1 Å². The van der Waals surface area contributed by atoms with Crippen LogP contribution in [0.3, 0.4) is 0 Å². The average Bonchev–Trinajstić information content (AvgIpc) is 3.05. The highest BCUT2D eigenvalue weighted by molar-refractivity contribution is 5.94. The molecule has 1 amide bonds. The summed E-state index contributed by atoms with van der Waals surface area (Å²) in [7, 11) is 0. The lowest BCUT2D eigenvalue weighted by Gasteiger charge is -2.32. The van der Waals surface area contributed by atoms with Gasteiger partial charge in [0.25, 0.3) is 0 Å². The summed E-state index contributed by atoms with van der Waals surface area (Å²) in [4.78, 5) is 30.0. The molecule has 0 radical (unpaired) electrons. The lowest BCUT2D eigenvalue weighted by atomic mass is 10.1. The molecule has 0 aromatic carbocycles. The molecular formula is C18H23N3O4. The van der Waals surface area contributed by atoms with E-state index in [1.165, 1.54) is 0 Å². The van der Waals surface area contributed by atoms with Crippen LogP contribution in [-0.2, 0) is 11.3 Å². The molecule has 2 aromatic heterocycles. The number of hydrogen-bond donors (Lipinski definition) is 1. The molecule has 0 atom stereocenters. The number of carbonyl (C=O) groups is 2. The zero-order chi connectivity index (χ0) is 18.4. The number of carbonyl (C=O) groups excluding carboxylic acids is 1. The van der Waals surface area contributed by atoms with Gasteiger partial charge in [0, 0.05) is 24.1 Å². The summed E-state index contributed by atoms with van der Waals surface area (Å²) in [5.41, 5.74) is 0.406. The van der Waals surface area contributed by atoms with Crippen molar-refractivity contribution in [3.63, 3.8) is 0 Å². The smallest absolute Gasteiger partial charge is 0.411 e. The number of imidazole rings is 1. The van der Waals surface area contributed by atoms with Crippen LogP contribution in [0.15, 0.2) is 24.7 Å². The summed E-state index contributed by atoms with van der Waals surface area (Å²) in [6.07, 6.45) is 6.49. The maximum Gasteiger partial charge on any atom is 0.411 e. The highest BCUT2D eigenvalue weighted by Crippen LogP contribution is 2.42. The number of aromatic carboxylic acids is 1. The Hall–Kier alpha value is -2.57. The lowest BCUT2D eigenvalue weighted by molar-refractivity contribution is 0.0126. The zero-order valence-corrected chi connectivity index (χ0v) is 14.9. The van der Waals surface area contributed by atoms with Crippen molar-refractivity contribution in [3.05, 3.63) is 35.8 Å². The topological polar surface area (TPSA) is 84.1 Å². The molecule has 1 fully saturated rings. The number of carboxylic acids is 1. The molecule has 7 nitrogen and oxygen atoms in total. The number of fused-ring (bicyclic) bond motifs is 1. The van der Waals surface area contributed by atoms with Crippen LogP contribution in [0, 0.1) is 0 Å². The minimum atomic E-state index is -1.04. The van der Waals surface area contributed by atoms with Gasteiger partial charge in [0.15, 0.2) is 5.65 Å². The largest absolute Gasteiger partial charge is 0.478 e. The fourth-order valence-electron chi connectivity index (χ4n) is 2.76. The van der Waals surface area contributed by atoms with E-state index in [2.05, 4.69) is 4.98 Å². The third-order valence-corrected chi connectivity index (χ3v) is 4.35. The molecule has 7 heteroatoms. The van der Waals surface area contributed by atoms with Gasteiger partial charge in [-0.2, -0.15) is 0 Å². The summed E-state index contributed by atoms with van der Waals surface area (Å²) in [6, 6.07) is 1.58. The highest BCUT2D eigenvalue weighted by atomic mass is 16.6. The van der Waals surface area contributed by atoms with Crippen molar-refractivity contribution in [2.45, 2.75) is 58.2 Å². The molecule has 3 rings (SSSR count). The van der Waals surface area contributed by atoms with E-state index in [-0.39, 0.29) is 17.2 Å². The third-order valence-electron chi connectivity index (χ3n) is 4.35. The summed E-state index contributed by atoms with van der Waals surface area (Å²) in [6.45, 7) is 7.81. The second-order valence-electron chi connectivity index (χ2n) is 7.79. The number of rotatable bonds is 4. The normalized spacial score (nSPS) is 15.8. The first-order valence-corrected chi connectivity index (χ1v) is 8.29. The van der Waals surface area contributed by atoms with E-state index in [9.17, 15) is 14.7 Å². The van der Waals surface area contributed by atoms with E-state index >= 15 is 0 Å². The van der Waals surface area contributed by atoms with Gasteiger partial charge in [-0.05, 0) is 52.2 Å². The standard InChI is InChI=1S/C18H23N3O4/c1-17(2,3)25-16(24)21(18(4)5-6-18)11-12-9-13(15(22)23)14-19-7-8-20(14)10-12/h7-10H,5-6,11H2,1-4H3,(H,22,23). The summed E-state index contributed by atoms with van der Waals surface area (Å²) in [5.74, 6) is -1.04. The quantitative estimate of drug-likeness (QED) is 0.919. The lowest BCUT2D eigenvalue weighted by Crippen LogP contribution is -2.43. The Morgan fingerprint density at radius 3 is 2.64 bits per heavy atom. The molecule has 1 N–H and O–H groups in total. The van der Waals surface area contributed by atoms with E-state index in [4.69, 9.17) is 4.74 Å². The Morgan fingerprint density at radius 2 is 2.08 bits per heavy atom. The molecule has 0 bridgehead atoms. The number of hydrogen-bond acceptors (Lipinski definition) is 4. The van der Waals surface area contributed by atoms with Gasteiger partial charge in [0.1, 0.15) is 11.2 Å². The number of nitrogens with zero attached hydrogens (tertiary/aromatic N) is 3. The molecule has 1 aliphatic carbocycles. The number of pyridine rings is 1. The Morgan fingerprint density at radius 1 is 1.40 bits per heavy atom. The van der Waals surface area contributed by atoms with Crippen LogP contribution in [0.5, 0.6) is 0 Å². The van der Waals surface area contributed by atoms with Gasteiger partial charge < -0.3 is 14.2 Å². The minimum Gasteiger partial charge on any atom is -0.478 e. The van der Waals surface area contributed by atoms with Gasteiger partial charge in [-0.1, -0.05) is 0 Å². The van der Waals surface area contributed by atoms with E-state index in [0.717, 1.165) is 18.4 Å². The van der Waals surface area contributed by atoms with Crippen LogP contribution >= 0.6 is 0 Å². The Labute approximate surface area is 146 Å². The molecule has 2 aromatic rings. The molecular weight excluding hydrogens is 322 g/mol. The first-order valence-electron chi connectivity index (χ1n) is 8.29. The van der Waals surface area contributed by atoms with Gasteiger partial charge in [0.2, 0.25) is 0 Å². The molecule has 25 heavy (non-hydrogen) atoms. The summed E-state index contributed by atoms with van der Waals surface area (Å²) < 4.78 is 7.21. The predicted molar refractivity (Wildman–Crippen MR) is 91.6 cm³/mol. The fourth-order valence-corrected chi connectivity index (χ4v) is 2.76. The number of ether oxygens (including phenoxy) is 1. The fraction of sp³-hybridized carbons (Fsp3) is 0.500. The second-order valence-corrected chi connectivity index (χ2v) is 7.79. The van der Waals surface area contributed by atoms with Crippen LogP contribution < -0.4 is 0 Å². The maximum absolute atomic E-state index is 12.7. The zero-order valence-electron chi connectivity index (χ0n) is 14.9. The monoisotopic (exact) mass is 345 g/mol. The molecule has 0 aliphatic heterocycles. The van der Waals surface area contributed by atoms with Crippen molar-refractivity contribution in [2.24, 2.45) is 0 Å². The molecule has 0 unspecified atom stereocenters. The number of amides is 1. The maximum atomic E-state index is 12.7. The Balaban J connectivity index is 1.93. The third kappa shape index (κ3) is 3.60. The summed E-state index contributed by atoms with van der Waals surface area (Å²) >= 11 is 0. The average molecular weight is 345 g/mol. The number of carboxylic acid groups (broad SMARTS) is 1. The van der Waals surface area contributed by atoms with Crippen molar-refractivity contribution >= 4 is 17.7 Å². The van der Waals surface area contributed by atoms with Crippen molar-refractivity contribution in [2.75, 3.05) is 0 Å². The SMILES string of the molecule is CC(C)(C)OC(=O)N(Cc1cc(C(=O)O)c2nccn2c1)C1(C)CC1. The van der Waals surface area contributed by atoms with Gasteiger partial charge in [-0.3, -0.25) is 4.90 Å². The minimum absolute atomic E-state index is 0.118. The molecule has 0 saturated heterocycles. The molecule has 1 aliphatic rings. The van der Waals surface area contributed by atoms with Gasteiger partial charge in [-0.15, -0.1) is 0 Å². The Kier molecular flexibility index (Phi) is 3.97. The first kappa shape index (κ1) is 17.3. The van der Waals surface area contributed by atoms with Crippen molar-refractivity contribution in [1.82, 2.24) is 14.3 Å². The number of aromatic nitrogens is 2. The molecule has 2 heterocycles. The van der Waals surface area contributed by atoms with Crippen LogP contribution in [0.25, 0.3) is 5.65 Å². The highest BCUT2D eigenvalue weighted by Gasteiger charge is 2.47. The molecule has 1 saturated carbocycles. The molecule has 0 spiro atoms. The van der Waals surface area contributed by atoms with Gasteiger partial charge in [0.05, 0.1) is 6.54 Å². The van der Waals surface area contributed by atoms with Crippen molar-refractivity contribution < 1.29 is 19.4 Å². The van der Waals surface area contributed by atoms with Crippen LogP contribution in [0.4, 0.5) is 4.79 Å². The van der Waals surface area contributed by atoms with Crippen LogP contribution in [-0.4, -0.2) is 42.6 Å². The van der Waals surface area contributed by atoms with Crippen molar-refractivity contribution in [3.8, 4) is 0 Å².